The van der Waals surface area contributed by atoms with E-state index in [9.17, 15) is 19.5 Å². The third-order valence-corrected chi connectivity index (χ3v) is 10.2. The number of carboxylic acid groups (broad SMARTS) is 1. The largest absolute Gasteiger partial charge is 0.507 e. The van der Waals surface area contributed by atoms with E-state index in [-0.39, 0.29) is 22.6 Å². The van der Waals surface area contributed by atoms with E-state index in [0.29, 0.717) is 33.2 Å². The molecule has 2 atom stereocenters. The Morgan fingerprint density at radius 3 is 2.42 bits per heavy atom. The molecule has 0 bridgehead atoms. The molecule has 0 saturated carbocycles. The number of ketones is 1. The number of fused-ring (bicyclic) bond motifs is 2. The summed E-state index contributed by atoms with van der Waals surface area (Å²) >= 11 is 2.68. The fourth-order valence-corrected chi connectivity index (χ4v) is 7.78. The molecule has 2 aliphatic rings. The second kappa shape index (κ2) is 14.5. The number of methoxy groups -OCH3 is 1. The average Bonchev–Trinajstić information content (AvgIpc) is 3.81. The monoisotopic (exact) mass is 709 g/mol. The maximum absolute atomic E-state index is 13.7. The SMILES string of the molecule is CC(=O)O.COC(=O)c1ccc(C2C(=C(O)c3ccc4c(c3)CC(C)O4)C(=O)C(=O)N2c2nnc(SCc3cccc4ccccc34)s2)cc1. The molecule has 1 saturated heterocycles. The van der Waals surface area contributed by atoms with Crippen LogP contribution in [-0.4, -0.2) is 57.3 Å². The van der Waals surface area contributed by atoms with Crippen LogP contribution in [0, 0.1) is 0 Å². The van der Waals surface area contributed by atoms with E-state index in [1.807, 2.05) is 25.1 Å². The number of esters is 1. The van der Waals surface area contributed by atoms with Crippen LogP contribution in [0.3, 0.4) is 0 Å². The topological polar surface area (TPSA) is 156 Å². The molecule has 1 fully saturated rings. The van der Waals surface area contributed by atoms with Crippen LogP contribution in [0.4, 0.5) is 5.13 Å². The number of aliphatic hydroxyl groups excluding tert-OH is 1. The van der Waals surface area contributed by atoms with Crippen molar-refractivity contribution in [2.24, 2.45) is 0 Å². The number of carboxylic acids is 1. The number of aliphatic carboxylic acids is 1. The second-order valence-electron chi connectivity index (χ2n) is 11.5. The van der Waals surface area contributed by atoms with Crippen LogP contribution in [0.1, 0.15) is 52.5 Å². The van der Waals surface area contributed by atoms with Crippen LogP contribution in [0.15, 0.2) is 94.8 Å². The van der Waals surface area contributed by atoms with Crippen molar-refractivity contribution in [1.82, 2.24) is 10.2 Å². The molecule has 0 radical (unpaired) electrons. The maximum Gasteiger partial charge on any atom is 0.337 e. The standard InChI is InChI=1S/C35H27N3O6S2.C2H4O2/c1-19-16-25-17-23(14-15-27(25)44-19)30(39)28-29(21-10-12-22(13-11-21)33(42)43-2)38(32(41)31(28)40)34-36-37-35(46-34)45-18-24-8-5-7-20-6-3-4-9-26(20)24;1-2(3)4/h3-15,17,19,29,39H,16,18H2,1-2H3;1H3,(H,3,4). The first-order chi connectivity index (χ1) is 24.0. The highest BCUT2D eigenvalue weighted by molar-refractivity contribution is 8.00. The molecule has 1 aromatic heterocycles. The van der Waals surface area contributed by atoms with Gasteiger partial charge in [0.25, 0.3) is 11.8 Å². The fraction of sp³-hybridized carbons (Fsp3) is 0.189. The Labute approximate surface area is 295 Å². The number of hydrogen-bond acceptors (Lipinski definition) is 11. The summed E-state index contributed by atoms with van der Waals surface area (Å²) in [5, 5.41) is 30.2. The maximum atomic E-state index is 13.7. The van der Waals surface area contributed by atoms with Gasteiger partial charge in [-0.15, -0.1) is 10.2 Å². The number of carbonyl (C=O) groups is 4. The number of amides is 1. The molecule has 1 amide bonds. The molecular formula is C37H31N3O8S2. The summed E-state index contributed by atoms with van der Waals surface area (Å²) < 4.78 is 11.3. The summed E-state index contributed by atoms with van der Waals surface area (Å²) in [6.07, 6.45) is 0.657. The molecule has 0 spiro atoms. The normalized spacial score (nSPS) is 17.5. The van der Waals surface area contributed by atoms with Gasteiger partial charge in [0, 0.05) is 24.7 Å². The van der Waals surface area contributed by atoms with E-state index in [1.54, 1.807) is 42.5 Å². The molecule has 254 valence electrons. The third kappa shape index (κ3) is 6.96. The summed E-state index contributed by atoms with van der Waals surface area (Å²) in [6, 6.07) is 24.9. The molecule has 2 unspecified atom stereocenters. The van der Waals surface area contributed by atoms with Gasteiger partial charge in [-0.1, -0.05) is 77.7 Å². The summed E-state index contributed by atoms with van der Waals surface area (Å²) in [4.78, 5) is 49.8. The minimum atomic E-state index is -1.01. The molecule has 0 aliphatic carbocycles. The summed E-state index contributed by atoms with van der Waals surface area (Å²) in [5.74, 6) is -1.98. The van der Waals surface area contributed by atoms with Crippen molar-refractivity contribution in [3.63, 3.8) is 0 Å². The lowest BCUT2D eigenvalue weighted by atomic mass is 9.94. The van der Waals surface area contributed by atoms with Gasteiger partial charge in [-0.2, -0.15) is 0 Å². The zero-order chi connectivity index (χ0) is 35.5. The molecule has 13 heteroatoms. The fourth-order valence-electron chi connectivity index (χ4n) is 5.91. The van der Waals surface area contributed by atoms with Crippen molar-refractivity contribution in [2.75, 3.05) is 12.0 Å². The molecular weight excluding hydrogens is 679 g/mol. The number of rotatable bonds is 7. The van der Waals surface area contributed by atoms with Gasteiger partial charge in [0.2, 0.25) is 5.13 Å². The van der Waals surface area contributed by atoms with Crippen LogP contribution in [0.2, 0.25) is 0 Å². The minimum absolute atomic E-state index is 0.00335. The lowest BCUT2D eigenvalue weighted by Crippen LogP contribution is -2.29. The smallest absolute Gasteiger partial charge is 0.337 e. The van der Waals surface area contributed by atoms with Crippen molar-refractivity contribution < 1.29 is 38.9 Å². The van der Waals surface area contributed by atoms with Crippen molar-refractivity contribution in [2.45, 2.75) is 42.5 Å². The summed E-state index contributed by atoms with van der Waals surface area (Å²) in [5.41, 5.74) is 3.17. The number of aromatic nitrogens is 2. The first-order valence-electron chi connectivity index (χ1n) is 15.5. The minimum Gasteiger partial charge on any atom is -0.507 e. The number of nitrogens with zero attached hydrogens (tertiary/aromatic N) is 3. The van der Waals surface area contributed by atoms with Crippen molar-refractivity contribution in [3.05, 3.63) is 118 Å². The molecule has 3 heterocycles. The zero-order valence-corrected chi connectivity index (χ0v) is 28.8. The third-order valence-electron chi connectivity index (χ3n) is 8.09. The number of ether oxygens (including phenoxy) is 2. The predicted octanol–water partition coefficient (Wildman–Crippen LogP) is 6.81. The Hall–Kier alpha value is -5.53. The first-order valence-corrected chi connectivity index (χ1v) is 17.3. The predicted molar refractivity (Wildman–Crippen MR) is 190 cm³/mol. The number of benzene rings is 4. The number of carbonyl (C=O) groups excluding carboxylic acids is 3. The first kappa shape index (κ1) is 34.3. The Bertz CT molecular complexity index is 2150. The van der Waals surface area contributed by atoms with Crippen LogP contribution < -0.4 is 9.64 Å². The summed E-state index contributed by atoms with van der Waals surface area (Å²) in [7, 11) is 1.29. The van der Waals surface area contributed by atoms with E-state index in [4.69, 9.17) is 19.4 Å². The molecule has 50 heavy (non-hydrogen) atoms. The molecule has 11 nitrogen and oxygen atoms in total. The Kier molecular flexibility index (Phi) is 9.98. The Morgan fingerprint density at radius 1 is 0.980 bits per heavy atom. The van der Waals surface area contributed by atoms with Gasteiger partial charge in [0.1, 0.15) is 17.6 Å². The highest BCUT2D eigenvalue weighted by Crippen LogP contribution is 2.45. The van der Waals surface area contributed by atoms with Crippen LogP contribution in [0.25, 0.3) is 16.5 Å². The lowest BCUT2D eigenvalue weighted by Gasteiger charge is -2.22. The van der Waals surface area contributed by atoms with Gasteiger partial charge in [0.05, 0.1) is 24.3 Å². The van der Waals surface area contributed by atoms with Crippen molar-refractivity contribution >= 4 is 68.4 Å². The van der Waals surface area contributed by atoms with Gasteiger partial charge in [-0.25, -0.2) is 4.79 Å². The van der Waals surface area contributed by atoms with E-state index < -0.39 is 29.7 Å². The molecule has 2 N–H and O–H groups in total. The van der Waals surface area contributed by atoms with Crippen LogP contribution in [0.5, 0.6) is 5.75 Å². The van der Waals surface area contributed by atoms with Gasteiger partial charge in [-0.05, 0) is 64.7 Å². The zero-order valence-electron chi connectivity index (χ0n) is 27.2. The Balaban J connectivity index is 0.00000103. The van der Waals surface area contributed by atoms with Crippen molar-refractivity contribution in [3.8, 4) is 5.75 Å². The van der Waals surface area contributed by atoms with E-state index >= 15 is 0 Å². The van der Waals surface area contributed by atoms with E-state index in [2.05, 4.69) is 34.5 Å². The van der Waals surface area contributed by atoms with E-state index in [0.717, 1.165) is 34.6 Å². The molecule has 5 aromatic rings. The number of anilines is 1. The second-order valence-corrected chi connectivity index (χ2v) is 13.7. The average molecular weight is 710 g/mol. The highest BCUT2D eigenvalue weighted by Gasteiger charge is 2.48. The highest BCUT2D eigenvalue weighted by atomic mass is 32.2. The van der Waals surface area contributed by atoms with Gasteiger partial charge in [0.15, 0.2) is 4.34 Å². The molecule has 2 aliphatic heterocycles. The molecule has 7 rings (SSSR count). The van der Waals surface area contributed by atoms with Gasteiger partial charge < -0.3 is 19.7 Å². The molecule has 4 aromatic carbocycles. The van der Waals surface area contributed by atoms with Crippen molar-refractivity contribution in [1.29, 1.82) is 0 Å². The number of aliphatic hydroxyl groups is 1. The van der Waals surface area contributed by atoms with Crippen LogP contribution in [-0.2, 0) is 31.3 Å². The van der Waals surface area contributed by atoms with Gasteiger partial charge >= 0.3 is 11.9 Å². The van der Waals surface area contributed by atoms with E-state index in [1.165, 1.54) is 35.1 Å². The summed E-state index contributed by atoms with van der Waals surface area (Å²) in [6.45, 7) is 3.04. The van der Waals surface area contributed by atoms with Crippen LogP contribution >= 0.6 is 23.1 Å². The number of Topliss-reactive ketones (excluding diaryl/α,β-unsaturated/α-hetero) is 1. The van der Waals surface area contributed by atoms with Gasteiger partial charge in [-0.3, -0.25) is 19.3 Å². The lowest BCUT2D eigenvalue weighted by molar-refractivity contribution is -0.134. The number of thioether (sulfide) groups is 1. The Morgan fingerprint density at radius 2 is 1.68 bits per heavy atom. The number of hydrogen-bond donors (Lipinski definition) is 2. The quantitative estimate of drug-likeness (QED) is 0.0457.